The zero-order chi connectivity index (χ0) is 55.2. The molecule has 392 valence electrons. The van der Waals surface area contributed by atoms with Crippen LogP contribution in [0.3, 0.4) is 0 Å². The summed E-state index contributed by atoms with van der Waals surface area (Å²) in [7, 11) is -14.3. The van der Waals surface area contributed by atoms with Crippen LogP contribution in [-0.4, -0.2) is 52.3 Å². The molecular formula is C54H51N7O12S3. The van der Waals surface area contributed by atoms with Crippen LogP contribution < -0.4 is 36.7 Å². The van der Waals surface area contributed by atoms with Gasteiger partial charge in [-0.1, -0.05) is 54.6 Å². The van der Waals surface area contributed by atoms with E-state index in [1.54, 1.807) is 76.2 Å². The van der Waals surface area contributed by atoms with Crippen LogP contribution in [0.15, 0.2) is 139 Å². The molecule has 19 nitrogen and oxygen atoms in total. The van der Waals surface area contributed by atoms with E-state index in [4.69, 9.17) is 9.41 Å². The highest BCUT2D eigenvalue weighted by atomic mass is 32.2. The minimum atomic E-state index is -4.92. The van der Waals surface area contributed by atoms with Crippen LogP contribution in [-0.2, 0) is 35.1 Å². The highest BCUT2D eigenvalue weighted by molar-refractivity contribution is 7.90. The van der Waals surface area contributed by atoms with E-state index >= 15 is 0 Å². The number of benzene rings is 7. The van der Waals surface area contributed by atoms with Crippen LogP contribution in [0.25, 0.3) is 33.4 Å². The first-order valence-electron chi connectivity index (χ1n) is 23.2. The Balaban J connectivity index is 1.33. The van der Waals surface area contributed by atoms with Crippen molar-refractivity contribution < 1.29 is 53.2 Å². The van der Waals surface area contributed by atoms with Crippen molar-refractivity contribution in [1.82, 2.24) is 4.72 Å². The standard InChI is InChI=1S/C54H51N7O12S3/c1-28-23-40-44(26-42(28)57-49-29(2)21-31(4)51(33(49)6)59-53(63)55-36-15-10-9-11-16-36)73-45-27-43(47(74(65,66)61-35(8)62)25-41(45)48(40)39-19-12-13-20-46(39)76(70,71)72)58-50-30(3)22-32(5)52(34(50)7)60-54(64)56-37-17-14-18-38(24-37)75(67,68)69/h9-27,57H,1-8H3,(H,61,62)(H2,55,59,63)(H2,56,60,64)(H,67,68,69)(H,70,71,72). The number of rotatable bonds is 12. The fourth-order valence-electron chi connectivity index (χ4n) is 9.10. The van der Waals surface area contributed by atoms with Gasteiger partial charge < -0.3 is 31.0 Å². The lowest BCUT2D eigenvalue weighted by molar-refractivity contribution is -0.117. The molecule has 8 N–H and O–H groups in total. The number of anilines is 6. The molecule has 0 unspecified atom stereocenters. The lowest BCUT2D eigenvalue weighted by Crippen LogP contribution is -2.32. The van der Waals surface area contributed by atoms with Gasteiger partial charge in [0.25, 0.3) is 30.3 Å². The number of nitrogens with one attached hydrogen (secondary N) is 6. The highest BCUT2D eigenvalue weighted by Crippen LogP contribution is 2.45. The predicted octanol–water partition coefficient (Wildman–Crippen LogP) is 10.9. The Bertz CT molecular complexity index is 4120. The minimum absolute atomic E-state index is 0.00570. The zero-order valence-corrected chi connectivity index (χ0v) is 44.6. The van der Waals surface area contributed by atoms with Crippen molar-refractivity contribution >= 4 is 99.0 Å². The van der Waals surface area contributed by atoms with Gasteiger partial charge in [0.15, 0.2) is 0 Å². The molecule has 0 saturated carbocycles. The quantitative estimate of drug-likeness (QED) is 0.0418. The SMILES string of the molecule is CC(=O)NS(=O)(=O)c1cc2c(-c3ccccc3S(=O)(=O)O)c3cc(C)c(Nc4c(C)cc(C)c(NC(=O)Nc5ccccc5)c4C)cc3oc-2cc1=Nc1c(C)cc(C)c(NC(=O)Nc2cccc(S(=O)(=O)O)c2)c1C. The van der Waals surface area contributed by atoms with Gasteiger partial charge in [-0.05, 0) is 136 Å². The van der Waals surface area contributed by atoms with E-state index in [0.29, 0.717) is 56.0 Å². The predicted molar refractivity (Wildman–Crippen MR) is 292 cm³/mol. The van der Waals surface area contributed by atoms with Gasteiger partial charge in [0.05, 0.1) is 27.3 Å². The first-order valence-corrected chi connectivity index (χ1v) is 27.5. The molecular weight excluding hydrogens is 1030 g/mol. The molecule has 0 fully saturated rings. The molecule has 0 spiro atoms. The summed E-state index contributed by atoms with van der Waals surface area (Å²) in [4.78, 5) is 42.5. The van der Waals surface area contributed by atoms with E-state index in [1.807, 2.05) is 37.6 Å². The Hall–Kier alpha value is -8.41. The molecule has 0 saturated heterocycles. The van der Waals surface area contributed by atoms with E-state index in [-0.39, 0.29) is 50.5 Å². The van der Waals surface area contributed by atoms with Crippen LogP contribution >= 0.6 is 0 Å². The molecule has 5 amide bonds. The normalized spacial score (nSPS) is 12.1. The number of amides is 5. The molecule has 8 rings (SSSR count). The molecule has 0 bridgehead atoms. The molecule has 0 atom stereocenters. The summed E-state index contributed by atoms with van der Waals surface area (Å²) in [5, 5.41) is 14.7. The van der Waals surface area contributed by atoms with Gasteiger partial charge in [0.1, 0.15) is 21.1 Å². The fourth-order valence-corrected chi connectivity index (χ4v) is 11.5. The minimum Gasteiger partial charge on any atom is -0.456 e. The molecule has 1 aliphatic carbocycles. The maximum atomic E-state index is 14.3. The van der Waals surface area contributed by atoms with E-state index in [9.17, 15) is 48.7 Å². The number of carbonyl (C=O) groups excluding carboxylic acids is 3. The van der Waals surface area contributed by atoms with Gasteiger partial charge in [0, 0.05) is 63.9 Å². The number of aryl methyl sites for hydroxylation is 5. The van der Waals surface area contributed by atoms with E-state index in [2.05, 4.69) is 26.6 Å². The maximum Gasteiger partial charge on any atom is 0.323 e. The van der Waals surface area contributed by atoms with Gasteiger partial charge in [-0.15, -0.1) is 0 Å². The van der Waals surface area contributed by atoms with Gasteiger partial charge in [-0.25, -0.2) is 27.7 Å². The van der Waals surface area contributed by atoms with Crippen molar-refractivity contribution in [3.8, 4) is 22.5 Å². The number of nitrogens with zero attached hydrogens (tertiary/aromatic N) is 1. The van der Waals surface area contributed by atoms with Crippen molar-refractivity contribution in [2.24, 2.45) is 4.99 Å². The third kappa shape index (κ3) is 11.3. The number of urea groups is 2. The topological polar surface area (TPSA) is 292 Å². The first-order chi connectivity index (χ1) is 35.7. The van der Waals surface area contributed by atoms with Crippen LogP contribution in [0.5, 0.6) is 0 Å². The first kappa shape index (κ1) is 53.9. The monoisotopic (exact) mass is 1090 g/mol. The van der Waals surface area contributed by atoms with Crippen LogP contribution in [0.1, 0.15) is 45.9 Å². The average molecular weight is 1090 g/mol. The van der Waals surface area contributed by atoms with Gasteiger partial charge in [-0.2, -0.15) is 16.8 Å². The zero-order valence-electron chi connectivity index (χ0n) is 42.1. The number of carbonyl (C=O) groups is 3. The van der Waals surface area contributed by atoms with Crippen LogP contribution in [0, 0.1) is 48.5 Å². The number of hydrogen-bond donors (Lipinski definition) is 8. The van der Waals surface area contributed by atoms with Crippen molar-refractivity contribution in [1.29, 1.82) is 0 Å². The lowest BCUT2D eigenvalue weighted by Gasteiger charge is -2.22. The Morgan fingerprint density at radius 3 is 1.78 bits per heavy atom. The third-order valence-corrected chi connectivity index (χ3v) is 15.7. The largest absolute Gasteiger partial charge is 0.456 e. The summed E-state index contributed by atoms with van der Waals surface area (Å²) >= 11 is 0. The highest BCUT2D eigenvalue weighted by Gasteiger charge is 2.29. The summed E-state index contributed by atoms with van der Waals surface area (Å²) in [6.45, 7) is 13.5. The summed E-state index contributed by atoms with van der Waals surface area (Å²) in [6.07, 6.45) is 0. The molecule has 0 aromatic heterocycles. The smallest absolute Gasteiger partial charge is 0.323 e. The van der Waals surface area contributed by atoms with Crippen molar-refractivity contribution in [3.63, 3.8) is 0 Å². The van der Waals surface area contributed by atoms with E-state index in [0.717, 1.165) is 30.2 Å². The van der Waals surface area contributed by atoms with E-state index < -0.39 is 62.9 Å². The molecule has 22 heteroatoms. The van der Waals surface area contributed by atoms with Crippen LogP contribution in [0.2, 0.25) is 0 Å². The second-order valence-electron chi connectivity index (χ2n) is 18.1. The summed E-state index contributed by atoms with van der Waals surface area (Å²) in [5.41, 5.74) is 7.67. The average Bonchev–Trinajstić information content (AvgIpc) is 3.33. The van der Waals surface area contributed by atoms with Gasteiger partial charge in [0.2, 0.25) is 5.91 Å². The third-order valence-electron chi connectivity index (χ3n) is 12.4. The Morgan fingerprint density at radius 2 is 1.13 bits per heavy atom. The maximum absolute atomic E-state index is 14.3. The van der Waals surface area contributed by atoms with Crippen molar-refractivity contribution in [2.45, 2.75) is 70.1 Å². The molecule has 1 heterocycles. The van der Waals surface area contributed by atoms with E-state index in [1.165, 1.54) is 42.5 Å². The fraction of sp³-hybridized carbons (Fsp3) is 0.148. The lowest BCUT2D eigenvalue weighted by atomic mass is 9.92. The Labute approximate surface area is 438 Å². The van der Waals surface area contributed by atoms with Crippen LogP contribution in [0.4, 0.5) is 49.4 Å². The second kappa shape index (κ2) is 20.7. The second-order valence-corrected chi connectivity index (χ2v) is 22.6. The van der Waals surface area contributed by atoms with Gasteiger partial charge in [-0.3, -0.25) is 13.9 Å². The molecule has 2 aliphatic rings. The molecule has 6 aromatic carbocycles. The summed E-state index contributed by atoms with van der Waals surface area (Å²) in [6, 6.07) is 27.9. The van der Waals surface area contributed by atoms with Crippen molar-refractivity contribution in [3.05, 3.63) is 160 Å². The Kier molecular flexibility index (Phi) is 14.7. The van der Waals surface area contributed by atoms with Gasteiger partial charge >= 0.3 is 12.1 Å². The molecule has 6 aromatic rings. The molecule has 76 heavy (non-hydrogen) atoms. The summed E-state index contributed by atoms with van der Waals surface area (Å²) < 4.78 is 107. The van der Waals surface area contributed by atoms with Crippen molar-refractivity contribution in [2.75, 3.05) is 26.6 Å². The summed E-state index contributed by atoms with van der Waals surface area (Å²) in [5.74, 6) is -0.935. The number of sulfonamides is 1. The Morgan fingerprint density at radius 1 is 0.539 bits per heavy atom. The molecule has 1 aliphatic heterocycles. The number of hydrogen-bond acceptors (Lipinski definition) is 12. The number of para-hydroxylation sites is 1. The molecule has 0 radical (unpaired) electrons. The number of fused-ring (bicyclic) bond motifs is 2.